The third kappa shape index (κ3) is 5.22. The molecule has 4 heteroatoms. The molecule has 0 saturated carbocycles. The van der Waals surface area contributed by atoms with Crippen molar-refractivity contribution in [2.24, 2.45) is 0 Å². The van der Waals surface area contributed by atoms with Gasteiger partial charge in [-0.1, -0.05) is 91.0 Å². The Labute approximate surface area is 313 Å². The van der Waals surface area contributed by atoms with Crippen molar-refractivity contribution in [3.8, 4) is 56.3 Å². The fourth-order valence-corrected chi connectivity index (χ4v) is 8.08. The van der Waals surface area contributed by atoms with Gasteiger partial charge in [0.25, 0.3) is 0 Å². The summed E-state index contributed by atoms with van der Waals surface area (Å²) in [4.78, 5) is 0. The topological polar surface area (TPSA) is 28.3 Å². The Hall–Kier alpha value is -7.04. The molecule has 0 bridgehead atoms. The zero-order chi connectivity index (χ0) is 36.2. The molecule has 0 N–H and O–H groups in total. The number of ether oxygens (including phenoxy) is 2. The van der Waals surface area contributed by atoms with Crippen LogP contribution in [-0.2, 0) is 0 Å². The lowest BCUT2D eigenvalue weighted by Gasteiger charge is -2.15. The highest BCUT2D eigenvalue weighted by Gasteiger charge is 2.17. The molecule has 0 fully saturated rings. The maximum absolute atomic E-state index is 5.48. The molecule has 10 aromatic rings. The molecular weight excluding hydrogens is 661 g/mol. The number of para-hydroxylation sites is 3. The molecule has 2 heterocycles. The molecule has 0 saturated heterocycles. The van der Waals surface area contributed by atoms with Gasteiger partial charge in [-0.15, -0.1) is 0 Å². The van der Waals surface area contributed by atoms with Crippen molar-refractivity contribution in [3.05, 3.63) is 182 Å². The first-order valence-corrected chi connectivity index (χ1v) is 18.2. The van der Waals surface area contributed by atoms with E-state index in [1.807, 2.05) is 24.3 Å². The average molecular weight is 697 g/mol. The van der Waals surface area contributed by atoms with Crippen molar-refractivity contribution in [2.75, 3.05) is 14.2 Å². The predicted octanol–water partition coefficient (Wildman–Crippen LogP) is 12.9. The molecule has 0 spiro atoms. The fourth-order valence-electron chi connectivity index (χ4n) is 8.08. The number of methoxy groups -OCH3 is 2. The maximum Gasteiger partial charge on any atom is 0.118 e. The van der Waals surface area contributed by atoms with E-state index < -0.39 is 0 Å². The number of hydrogen-bond donors (Lipinski definition) is 0. The van der Waals surface area contributed by atoms with Gasteiger partial charge in [-0.25, -0.2) is 0 Å². The Morgan fingerprint density at radius 1 is 0.296 bits per heavy atom. The van der Waals surface area contributed by atoms with Gasteiger partial charge >= 0.3 is 0 Å². The first-order chi connectivity index (χ1) is 26.7. The number of hydrogen-bond acceptors (Lipinski definition) is 2. The highest BCUT2D eigenvalue weighted by Crippen LogP contribution is 2.40. The summed E-state index contributed by atoms with van der Waals surface area (Å²) < 4.78 is 15.7. The number of nitrogens with zero attached hydrogens (tertiary/aromatic N) is 2. The van der Waals surface area contributed by atoms with Crippen LogP contribution in [0.15, 0.2) is 182 Å². The first-order valence-electron chi connectivity index (χ1n) is 18.2. The monoisotopic (exact) mass is 696 g/mol. The van der Waals surface area contributed by atoms with Crippen LogP contribution in [0.25, 0.3) is 88.4 Å². The summed E-state index contributed by atoms with van der Waals surface area (Å²) in [5.41, 5.74) is 13.9. The van der Waals surface area contributed by atoms with Gasteiger partial charge in [-0.2, -0.15) is 0 Å². The van der Waals surface area contributed by atoms with Crippen LogP contribution in [0.4, 0.5) is 0 Å². The van der Waals surface area contributed by atoms with Gasteiger partial charge in [0.2, 0.25) is 0 Å². The van der Waals surface area contributed by atoms with Gasteiger partial charge in [0.05, 0.1) is 36.3 Å². The van der Waals surface area contributed by atoms with Crippen LogP contribution < -0.4 is 9.47 Å². The minimum Gasteiger partial charge on any atom is -0.497 e. The molecular formula is C50H36N2O2. The lowest BCUT2D eigenvalue weighted by Crippen LogP contribution is -1.96. The summed E-state index contributed by atoms with van der Waals surface area (Å²) in [5.74, 6) is 1.68. The van der Waals surface area contributed by atoms with E-state index in [2.05, 4.69) is 167 Å². The highest BCUT2D eigenvalue weighted by molar-refractivity contribution is 6.12. The van der Waals surface area contributed by atoms with E-state index in [0.29, 0.717) is 0 Å². The van der Waals surface area contributed by atoms with Gasteiger partial charge < -0.3 is 18.6 Å². The lowest BCUT2D eigenvalue weighted by atomic mass is 9.97. The zero-order valence-electron chi connectivity index (χ0n) is 30.0. The van der Waals surface area contributed by atoms with Gasteiger partial charge in [0.1, 0.15) is 11.5 Å². The summed E-state index contributed by atoms with van der Waals surface area (Å²) in [6.07, 6.45) is 0. The summed E-state index contributed by atoms with van der Waals surface area (Å²) in [6.45, 7) is 0. The average Bonchev–Trinajstić information content (AvgIpc) is 3.76. The summed E-state index contributed by atoms with van der Waals surface area (Å²) in [7, 11) is 3.40. The van der Waals surface area contributed by atoms with Crippen molar-refractivity contribution in [2.45, 2.75) is 0 Å². The number of benzene rings is 8. The van der Waals surface area contributed by atoms with Crippen LogP contribution >= 0.6 is 0 Å². The van der Waals surface area contributed by atoms with E-state index in [-0.39, 0.29) is 0 Å². The molecule has 2 aromatic heterocycles. The van der Waals surface area contributed by atoms with Crippen molar-refractivity contribution < 1.29 is 9.47 Å². The van der Waals surface area contributed by atoms with Crippen molar-refractivity contribution >= 4 is 43.6 Å². The van der Waals surface area contributed by atoms with Crippen LogP contribution in [-0.4, -0.2) is 23.4 Å². The van der Waals surface area contributed by atoms with Crippen molar-refractivity contribution in [1.29, 1.82) is 0 Å². The maximum atomic E-state index is 5.48. The Morgan fingerprint density at radius 2 is 0.704 bits per heavy atom. The van der Waals surface area contributed by atoms with Crippen LogP contribution in [0.3, 0.4) is 0 Å². The smallest absolute Gasteiger partial charge is 0.118 e. The summed E-state index contributed by atoms with van der Waals surface area (Å²) in [5, 5.41) is 4.93. The molecule has 0 aliphatic heterocycles. The standard InChI is InChI=1S/C50H36N2O2/c1-53-41-22-16-33(17-23-41)37-28-38(34-18-24-42(54-2)25-19-34)30-40(29-37)52-48-15-9-7-13-44(48)46-32-36(21-27-50(46)52)35-20-26-49-45(31-35)43-12-6-8-14-47(43)51(49)39-10-4-3-5-11-39/h3-32H,1-2H3. The second-order valence-corrected chi connectivity index (χ2v) is 13.7. The van der Waals surface area contributed by atoms with E-state index in [0.717, 1.165) is 50.6 Å². The molecule has 0 amide bonds. The van der Waals surface area contributed by atoms with Gasteiger partial charge in [0.15, 0.2) is 0 Å². The SMILES string of the molecule is COc1ccc(-c2cc(-c3ccc(OC)cc3)cc(-n3c4ccccc4c4cc(-c5ccc6c(c5)c5ccccc5n6-c5ccccc5)ccc43)c2)cc1. The molecule has 0 aliphatic carbocycles. The third-order valence-corrected chi connectivity index (χ3v) is 10.7. The third-order valence-electron chi connectivity index (χ3n) is 10.7. The zero-order valence-corrected chi connectivity index (χ0v) is 30.0. The molecule has 0 aliphatic rings. The minimum atomic E-state index is 0.838. The number of rotatable bonds is 7. The minimum absolute atomic E-state index is 0.838. The molecule has 0 radical (unpaired) electrons. The number of aromatic nitrogens is 2. The molecule has 258 valence electrons. The largest absolute Gasteiger partial charge is 0.497 e. The Morgan fingerprint density at radius 3 is 1.19 bits per heavy atom. The second kappa shape index (κ2) is 12.9. The Balaban J connectivity index is 1.15. The van der Waals surface area contributed by atoms with E-state index in [1.165, 1.54) is 49.2 Å². The lowest BCUT2D eigenvalue weighted by molar-refractivity contribution is 0.415. The molecule has 0 atom stereocenters. The first kappa shape index (κ1) is 31.7. The van der Waals surface area contributed by atoms with Gasteiger partial charge in [-0.05, 0) is 124 Å². The van der Waals surface area contributed by atoms with Crippen molar-refractivity contribution in [1.82, 2.24) is 9.13 Å². The van der Waals surface area contributed by atoms with E-state index in [1.54, 1.807) is 14.2 Å². The van der Waals surface area contributed by atoms with Crippen LogP contribution in [0, 0.1) is 0 Å². The van der Waals surface area contributed by atoms with E-state index in [9.17, 15) is 0 Å². The molecule has 10 rings (SSSR count). The van der Waals surface area contributed by atoms with Gasteiger partial charge in [-0.3, -0.25) is 0 Å². The fraction of sp³-hybridized carbons (Fsp3) is 0.0400. The van der Waals surface area contributed by atoms with Crippen LogP contribution in [0.5, 0.6) is 11.5 Å². The number of fused-ring (bicyclic) bond motifs is 6. The van der Waals surface area contributed by atoms with E-state index in [4.69, 9.17) is 9.47 Å². The highest BCUT2D eigenvalue weighted by atomic mass is 16.5. The quantitative estimate of drug-likeness (QED) is 0.166. The second-order valence-electron chi connectivity index (χ2n) is 13.7. The summed E-state index contributed by atoms with van der Waals surface area (Å²) >= 11 is 0. The van der Waals surface area contributed by atoms with E-state index >= 15 is 0 Å². The van der Waals surface area contributed by atoms with Crippen molar-refractivity contribution in [3.63, 3.8) is 0 Å². The Kier molecular flexibility index (Phi) is 7.55. The molecule has 4 nitrogen and oxygen atoms in total. The van der Waals surface area contributed by atoms with Crippen LogP contribution in [0.2, 0.25) is 0 Å². The molecule has 0 unspecified atom stereocenters. The Bertz CT molecular complexity index is 2920. The summed E-state index contributed by atoms with van der Waals surface area (Å²) in [6, 6.07) is 65.3. The molecule has 54 heavy (non-hydrogen) atoms. The normalized spacial score (nSPS) is 11.5. The van der Waals surface area contributed by atoms with Gasteiger partial charge in [0, 0.05) is 32.9 Å². The van der Waals surface area contributed by atoms with Crippen LogP contribution in [0.1, 0.15) is 0 Å². The predicted molar refractivity (Wildman–Crippen MR) is 225 cm³/mol. The molecule has 8 aromatic carbocycles.